The van der Waals surface area contributed by atoms with Crippen molar-refractivity contribution in [3.8, 4) is 0 Å². The summed E-state index contributed by atoms with van der Waals surface area (Å²) in [7, 11) is -4.03. The molecule has 1 heterocycles. The molecular weight excluding hydrogens is 366 g/mol. The monoisotopic (exact) mass is 377 g/mol. The van der Waals surface area contributed by atoms with Crippen molar-refractivity contribution in [1.29, 1.82) is 0 Å². The predicted octanol–water partition coefficient (Wildman–Crippen LogP) is 2.99. The van der Waals surface area contributed by atoms with Gasteiger partial charge in [-0.1, -0.05) is 24.3 Å². The van der Waals surface area contributed by atoms with Crippen LogP contribution in [0.1, 0.15) is 0 Å². The fourth-order valence-corrected chi connectivity index (χ4v) is 3.50. The first kappa shape index (κ1) is 16.8. The number of hydrogen-bond donors (Lipinski definition) is 2. The Kier molecular flexibility index (Phi) is 4.59. The Labute approximate surface area is 146 Å². The first-order valence-electron chi connectivity index (χ1n) is 6.87. The van der Waals surface area contributed by atoms with Gasteiger partial charge >= 0.3 is 0 Å². The molecule has 0 unspecified atom stereocenters. The maximum absolute atomic E-state index is 12.3. The van der Waals surface area contributed by atoms with Gasteiger partial charge in [0, 0.05) is 29.4 Å². The number of nitro groups is 1. The van der Waals surface area contributed by atoms with E-state index in [-0.39, 0.29) is 16.5 Å². The summed E-state index contributed by atoms with van der Waals surface area (Å²) in [6.45, 7) is 0. The summed E-state index contributed by atoms with van der Waals surface area (Å²) >= 11 is 0.981. The van der Waals surface area contributed by atoms with Gasteiger partial charge in [-0.05, 0) is 18.2 Å². The molecule has 0 amide bonds. The van der Waals surface area contributed by atoms with Crippen molar-refractivity contribution in [3.63, 3.8) is 0 Å². The van der Waals surface area contributed by atoms with Gasteiger partial charge in [0.15, 0.2) is 0 Å². The number of rotatable bonds is 6. The van der Waals surface area contributed by atoms with Crippen LogP contribution in [0.25, 0.3) is 0 Å². The van der Waals surface area contributed by atoms with E-state index in [1.165, 1.54) is 18.2 Å². The summed E-state index contributed by atoms with van der Waals surface area (Å²) < 4.78 is 30.8. The molecule has 0 saturated carbocycles. The molecule has 3 rings (SSSR count). The van der Waals surface area contributed by atoms with Crippen LogP contribution in [0.15, 0.2) is 59.5 Å². The number of nitro benzene ring substituents is 1. The minimum atomic E-state index is -4.03. The van der Waals surface area contributed by atoms with Crippen LogP contribution in [0.4, 0.5) is 22.5 Å². The molecule has 2 N–H and O–H groups in total. The van der Waals surface area contributed by atoms with Crippen LogP contribution in [0.5, 0.6) is 0 Å². The van der Waals surface area contributed by atoms with Crippen molar-refractivity contribution in [2.45, 2.75) is 4.90 Å². The number of anilines is 3. The standard InChI is InChI=1S/C14H11N5O4S2/c20-19(21)11-7-4-8-12(9-11)25(22,23)18-13-16-14(24-17-13)15-10-5-2-1-3-6-10/h1-9H,(H2,15,16,17,18). The smallest absolute Gasteiger partial charge is 0.270 e. The zero-order chi connectivity index (χ0) is 17.9. The van der Waals surface area contributed by atoms with E-state index in [0.717, 1.165) is 23.3 Å². The van der Waals surface area contributed by atoms with E-state index in [1.54, 1.807) is 0 Å². The highest BCUT2D eigenvalue weighted by Crippen LogP contribution is 2.23. The third kappa shape index (κ3) is 4.08. The third-order valence-electron chi connectivity index (χ3n) is 3.02. The van der Waals surface area contributed by atoms with Gasteiger partial charge in [0.05, 0.1) is 9.82 Å². The average Bonchev–Trinajstić information content (AvgIpc) is 3.02. The molecule has 9 nitrogen and oxygen atoms in total. The number of non-ortho nitro benzene ring substituents is 1. The Hall–Kier alpha value is -3.05. The minimum absolute atomic E-state index is 0.116. The molecule has 0 radical (unpaired) electrons. The Bertz CT molecular complexity index is 1000. The quantitative estimate of drug-likeness (QED) is 0.499. The third-order valence-corrected chi connectivity index (χ3v) is 4.97. The van der Waals surface area contributed by atoms with Crippen molar-refractivity contribution >= 4 is 44.0 Å². The maximum Gasteiger partial charge on any atom is 0.270 e. The molecule has 0 aliphatic carbocycles. The van der Waals surface area contributed by atoms with Crippen LogP contribution >= 0.6 is 11.5 Å². The lowest BCUT2D eigenvalue weighted by Gasteiger charge is -2.04. The molecule has 11 heteroatoms. The van der Waals surface area contributed by atoms with E-state index in [1.807, 2.05) is 30.3 Å². The first-order valence-corrected chi connectivity index (χ1v) is 9.13. The Morgan fingerprint density at radius 1 is 1.08 bits per heavy atom. The van der Waals surface area contributed by atoms with Gasteiger partial charge in [-0.25, -0.2) is 13.1 Å². The van der Waals surface area contributed by atoms with Crippen molar-refractivity contribution in [3.05, 3.63) is 64.7 Å². The van der Waals surface area contributed by atoms with Gasteiger partial charge in [-0.2, -0.15) is 9.36 Å². The Balaban J connectivity index is 1.78. The summed E-state index contributed by atoms with van der Waals surface area (Å²) in [6, 6.07) is 13.9. The second-order valence-corrected chi connectivity index (χ2v) is 7.21. The van der Waals surface area contributed by atoms with Crippen LogP contribution in [-0.2, 0) is 10.0 Å². The molecule has 3 aromatic rings. The Morgan fingerprint density at radius 3 is 2.56 bits per heavy atom. The van der Waals surface area contributed by atoms with E-state index in [4.69, 9.17) is 0 Å². The largest absolute Gasteiger partial charge is 0.330 e. The lowest BCUT2D eigenvalue weighted by Crippen LogP contribution is -2.14. The Morgan fingerprint density at radius 2 is 1.84 bits per heavy atom. The first-order chi connectivity index (χ1) is 11.9. The summed E-state index contributed by atoms with van der Waals surface area (Å²) in [4.78, 5) is 13.9. The van der Waals surface area contributed by atoms with Gasteiger partial charge in [-0.15, -0.1) is 0 Å². The molecular formula is C14H11N5O4S2. The second kappa shape index (κ2) is 6.83. The van der Waals surface area contributed by atoms with Gasteiger partial charge in [0.1, 0.15) is 0 Å². The number of benzene rings is 2. The SMILES string of the molecule is O=[N+]([O-])c1cccc(S(=O)(=O)Nc2nsc(Nc3ccccc3)n2)c1. The predicted molar refractivity (Wildman–Crippen MR) is 93.5 cm³/mol. The van der Waals surface area contributed by atoms with E-state index < -0.39 is 14.9 Å². The van der Waals surface area contributed by atoms with Crippen LogP contribution < -0.4 is 10.0 Å². The lowest BCUT2D eigenvalue weighted by atomic mass is 10.3. The molecule has 1 aromatic heterocycles. The van der Waals surface area contributed by atoms with E-state index in [2.05, 4.69) is 19.4 Å². The van der Waals surface area contributed by atoms with Gasteiger partial charge in [0.25, 0.3) is 21.7 Å². The number of nitrogens with one attached hydrogen (secondary N) is 2. The number of para-hydroxylation sites is 1. The minimum Gasteiger partial charge on any atom is -0.330 e. The molecule has 128 valence electrons. The zero-order valence-corrected chi connectivity index (χ0v) is 14.1. The van der Waals surface area contributed by atoms with Gasteiger partial charge < -0.3 is 5.32 Å². The van der Waals surface area contributed by atoms with Gasteiger partial charge in [0.2, 0.25) is 5.13 Å². The van der Waals surface area contributed by atoms with E-state index in [0.29, 0.717) is 5.13 Å². The van der Waals surface area contributed by atoms with Crippen LogP contribution in [0.3, 0.4) is 0 Å². The molecule has 2 aromatic carbocycles. The van der Waals surface area contributed by atoms with Crippen molar-refractivity contribution in [1.82, 2.24) is 9.36 Å². The van der Waals surface area contributed by atoms with Crippen molar-refractivity contribution in [2.24, 2.45) is 0 Å². The highest BCUT2D eigenvalue weighted by molar-refractivity contribution is 7.92. The van der Waals surface area contributed by atoms with Crippen molar-refractivity contribution in [2.75, 3.05) is 10.0 Å². The molecule has 0 fully saturated rings. The molecule has 0 atom stereocenters. The van der Waals surface area contributed by atoms with E-state index >= 15 is 0 Å². The fourth-order valence-electron chi connectivity index (χ4n) is 1.90. The molecule has 0 bridgehead atoms. The molecule has 0 aliphatic rings. The van der Waals surface area contributed by atoms with Crippen LogP contribution in [0, 0.1) is 10.1 Å². The van der Waals surface area contributed by atoms with Crippen LogP contribution in [-0.4, -0.2) is 22.7 Å². The summed E-state index contributed by atoms with van der Waals surface area (Å²) in [5.74, 6) is -0.116. The number of aromatic nitrogens is 2. The van der Waals surface area contributed by atoms with Gasteiger partial charge in [-0.3, -0.25) is 10.1 Å². The van der Waals surface area contributed by atoms with Crippen LogP contribution in [0.2, 0.25) is 0 Å². The number of hydrogen-bond acceptors (Lipinski definition) is 8. The molecule has 0 spiro atoms. The summed E-state index contributed by atoms with van der Waals surface area (Å²) in [5.41, 5.74) is 0.465. The molecule has 0 aliphatic heterocycles. The lowest BCUT2D eigenvalue weighted by molar-refractivity contribution is -0.385. The average molecular weight is 377 g/mol. The second-order valence-electron chi connectivity index (χ2n) is 4.77. The fraction of sp³-hybridized carbons (Fsp3) is 0. The zero-order valence-electron chi connectivity index (χ0n) is 12.5. The number of nitrogens with zero attached hydrogens (tertiary/aromatic N) is 3. The van der Waals surface area contributed by atoms with Crippen molar-refractivity contribution < 1.29 is 13.3 Å². The normalized spacial score (nSPS) is 11.0. The topological polar surface area (TPSA) is 127 Å². The molecule has 0 saturated heterocycles. The maximum atomic E-state index is 12.3. The highest BCUT2D eigenvalue weighted by atomic mass is 32.2. The summed E-state index contributed by atoms with van der Waals surface area (Å²) in [5, 5.41) is 14.2. The molecule has 25 heavy (non-hydrogen) atoms. The number of sulfonamides is 1. The van der Waals surface area contributed by atoms with E-state index in [9.17, 15) is 18.5 Å². The summed E-state index contributed by atoms with van der Waals surface area (Å²) in [6.07, 6.45) is 0. The highest BCUT2D eigenvalue weighted by Gasteiger charge is 2.19.